The van der Waals surface area contributed by atoms with Gasteiger partial charge in [-0.25, -0.2) is 4.98 Å². The van der Waals surface area contributed by atoms with E-state index >= 15 is 0 Å². The predicted octanol–water partition coefficient (Wildman–Crippen LogP) is 4.49. The van der Waals surface area contributed by atoms with Crippen LogP contribution in [0.25, 0.3) is 11.3 Å². The summed E-state index contributed by atoms with van der Waals surface area (Å²) in [6, 6.07) is 7.60. The fraction of sp³-hybridized carbons (Fsp3) is 0.353. The third-order valence-electron chi connectivity index (χ3n) is 4.28. The number of halogens is 1. The molecule has 1 aromatic carbocycles. The van der Waals surface area contributed by atoms with E-state index in [1.807, 2.05) is 11.4 Å². The Morgan fingerprint density at radius 1 is 1.46 bits per heavy atom. The molecule has 2 aromatic rings. The van der Waals surface area contributed by atoms with Crippen molar-refractivity contribution in [2.45, 2.75) is 25.7 Å². The van der Waals surface area contributed by atoms with Gasteiger partial charge in [-0.15, -0.1) is 11.3 Å². The van der Waals surface area contributed by atoms with Crippen LogP contribution in [0.4, 0.5) is 5.13 Å². The van der Waals surface area contributed by atoms with Crippen molar-refractivity contribution in [1.29, 1.82) is 5.26 Å². The number of carbonyl (C=O) groups is 1. The average molecular weight is 362 g/mol. The van der Waals surface area contributed by atoms with Crippen molar-refractivity contribution in [2.24, 2.45) is 5.41 Å². The molecule has 3 rings (SSSR count). The van der Waals surface area contributed by atoms with Crippen LogP contribution in [0, 0.1) is 16.7 Å². The monoisotopic (exact) mass is 361 g/mol. The number of carbonyl (C=O) groups excluding carboxylic acids is 1. The molecule has 1 aliphatic rings. The lowest BCUT2D eigenvalue weighted by Crippen LogP contribution is -2.32. The molecule has 0 saturated heterocycles. The smallest absolute Gasteiger partial charge is 0.246 e. The quantitative estimate of drug-likeness (QED) is 0.870. The molecule has 124 valence electrons. The van der Waals surface area contributed by atoms with Crippen LogP contribution in [0.3, 0.4) is 0 Å². The number of aromatic nitrogens is 1. The molecule has 7 heteroatoms. The third kappa shape index (κ3) is 3.10. The van der Waals surface area contributed by atoms with Crippen molar-refractivity contribution >= 4 is 34.0 Å². The van der Waals surface area contributed by atoms with Crippen molar-refractivity contribution in [2.75, 3.05) is 12.4 Å². The molecular formula is C17H16ClN3O2S. The predicted molar refractivity (Wildman–Crippen MR) is 94.3 cm³/mol. The van der Waals surface area contributed by atoms with Crippen LogP contribution in [0.1, 0.15) is 25.7 Å². The number of hydrogen-bond donors (Lipinski definition) is 1. The Labute approximate surface area is 149 Å². The van der Waals surface area contributed by atoms with Gasteiger partial charge >= 0.3 is 0 Å². The number of benzene rings is 1. The summed E-state index contributed by atoms with van der Waals surface area (Å²) in [4.78, 5) is 16.9. The highest BCUT2D eigenvalue weighted by molar-refractivity contribution is 7.14. The van der Waals surface area contributed by atoms with E-state index in [2.05, 4.69) is 16.4 Å². The first-order valence-corrected chi connectivity index (χ1v) is 8.86. The number of amides is 1. The van der Waals surface area contributed by atoms with E-state index in [1.165, 1.54) is 11.3 Å². The number of ether oxygens (including phenoxy) is 1. The molecular weight excluding hydrogens is 346 g/mol. The van der Waals surface area contributed by atoms with E-state index in [9.17, 15) is 10.1 Å². The summed E-state index contributed by atoms with van der Waals surface area (Å²) in [7, 11) is 1.56. The SMILES string of the molecule is COc1ccc(-c2csc(NC(=O)C3(C#N)CCCC3)n2)cc1Cl. The minimum absolute atomic E-state index is 0.254. The first-order chi connectivity index (χ1) is 11.6. The topological polar surface area (TPSA) is 75.0 Å². The number of thiazole rings is 1. The van der Waals surface area contributed by atoms with Gasteiger partial charge in [0.25, 0.3) is 0 Å². The second kappa shape index (κ2) is 6.80. The van der Waals surface area contributed by atoms with E-state index in [0.29, 0.717) is 28.7 Å². The lowest BCUT2D eigenvalue weighted by molar-refractivity contribution is -0.122. The van der Waals surface area contributed by atoms with Crippen molar-refractivity contribution in [3.05, 3.63) is 28.6 Å². The summed E-state index contributed by atoms with van der Waals surface area (Å²) in [6.45, 7) is 0. The number of methoxy groups -OCH3 is 1. The molecule has 1 fully saturated rings. The Morgan fingerprint density at radius 2 is 2.21 bits per heavy atom. The molecule has 1 amide bonds. The van der Waals surface area contributed by atoms with E-state index in [0.717, 1.165) is 24.1 Å². The molecule has 24 heavy (non-hydrogen) atoms. The summed E-state index contributed by atoms with van der Waals surface area (Å²) >= 11 is 7.47. The lowest BCUT2D eigenvalue weighted by Gasteiger charge is -2.17. The lowest BCUT2D eigenvalue weighted by atomic mass is 9.87. The third-order valence-corrected chi connectivity index (χ3v) is 5.33. The minimum Gasteiger partial charge on any atom is -0.495 e. The van der Waals surface area contributed by atoms with E-state index < -0.39 is 5.41 Å². The highest BCUT2D eigenvalue weighted by Gasteiger charge is 2.41. The normalized spacial score (nSPS) is 15.7. The number of nitriles is 1. The van der Waals surface area contributed by atoms with Gasteiger partial charge in [0.2, 0.25) is 5.91 Å². The zero-order valence-electron chi connectivity index (χ0n) is 13.1. The molecule has 0 aliphatic heterocycles. The maximum Gasteiger partial charge on any atom is 0.246 e. The van der Waals surface area contributed by atoms with Crippen LogP contribution < -0.4 is 10.1 Å². The molecule has 1 saturated carbocycles. The molecule has 5 nitrogen and oxygen atoms in total. The largest absolute Gasteiger partial charge is 0.495 e. The van der Waals surface area contributed by atoms with Crippen molar-refractivity contribution in [3.8, 4) is 23.1 Å². The van der Waals surface area contributed by atoms with E-state index in [4.69, 9.17) is 16.3 Å². The van der Waals surface area contributed by atoms with E-state index in [-0.39, 0.29) is 5.91 Å². The second-order valence-corrected chi connectivity index (χ2v) is 7.01. The Kier molecular flexibility index (Phi) is 4.74. The van der Waals surface area contributed by atoms with Crippen LogP contribution in [-0.2, 0) is 4.79 Å². The van der Waals surface area contributed by atoms with Crippen molar-refractivity contribution < 1.29 is 9.53 Å². The molecule has 1 aromatic heterocycles. The summed E-state index contributed by atoms with van der Waals surface area (Å²) in [5, 5.41) is 15.0. The van der Waals surface area contributed by atoms with Gasteiger partial charge in [-0.2, -0.15) is 5.26 Å². The maximum atomic E-state index is 12.4. The van der Waals surface area contributed by atoms with Gasteiger partial charge in [0.05, 0.1) is 23.9 Å². The Bertz CT molecular complexity index is 806. The van der Waals surface area contributed by atoms with Gasteiger partial charge in [0.15, 0.2) is 5.13 Å². The zero-order chi connectivity index (χ0) is 17.2. The van der Waals surface area contributed by atoms with Gasteiger partial charge < -0.3 is 10.1 Å². The number of hydrogen-bond acceptors (Lipinski definition) is 5. The fourth-order valence-electron chi connectivity index (χ4n) is 2.87. The Morgan fingerprint density at radius 3 is 2.83 bits per heavy atom. The fourth-order valence-corrected chi connectivity index (χ4v) is 3.85. The molecule has 1 aliphatic carbocycles. The van der Waals surface area contributed by atoms with Gasteiger partial charge in [-0.05, 0) is 31.0 Å². The summed E-state index contributed by atoms with van der Waals surface area (Å²) < 4.78 is 5.14. The molecule has 0 spiro atoms. The van der Waals surface area contributed by atoms with Gasteiger partial charge in [0, 0.05) is 10.9 Å². The first kappa shape index (κ1) is 16.7. The minimum atomic E-state index is -0.907. The van der Waals surface area contributed by atoms with Gasteiger partial charge in [-0.3, -0.25) is 4.79 Å². The number of nitrogens with one attached hydrogen (secondary N) is 1. The average Bonchev–Trinajstić information content (AvgIpc) is 3.24. The van der Waals surface area contributed by atoms with Crippen molar-refractivity contribution in [1.82, 2.24) is 4.98 Å². The molecule has 0 unspecified atom stereocenters. The summed E-state index contributed by atoms with van der Waals surface area (Å²) in [5.41, 5.74) is 0.653. The number of nitrogens with zero attached hydrogens (tertiary/aromatic N) is 2. The molecule has 1 heterocycles. The van der Waals surface area contributed by atoms with Crippen molar-refractivity contribution in [3.63, 3.8) is 0 Å². The zero-order valence-corrected chi connectivity index (χ0v) is 14.7. The number of anilines is 1. The highest BCUT2D eigenvalue weighted by atomic mass is 35.5. The maximum absolute atomic E-state index is 12.4. The second-order valence-electron chi connectivity index (χ2n) is 5.74. The molecule has 1 N–H and O–H groups in total. The van der Waals surface area contributed by atoms with Gasteiger partial charge in [-0.1, -0.05) is 24.4 Å². The standard InChI is InChI=1S/C17H16ClN3O2S/c1-23-14-5-4-11(8-12(14)18)13-9-24-16(20-13)21-15(22)17(10-19)6-2-3-7-17/h4-5,8-9H,2-3,6-7H2,1H3,(H,20,21,22). The molecule has 0 radical (unpaired) electrons. The first-order valence-electron chi connectivity index (χ1n) is 7.60. The van der Waals surface area contributed by atoms with Gasteiger partial charge in [0.1, 0.15) is 11.2 Å². The van der Waals surface area contributed by atoms with E-state index in [1.54, 1.807) is 19.2 Å². The highest BCUT2D eigenvalue weighted by Crippen LogP contribution is 2.39. The summed E-state index contributed by atoms with van der Waals surface area (Å²) in [5.74, 6) is 0.345. The summed E-state index contributed by atoms with van der Waals surface area (Å²) in [6.07, 6.45) is 3.05. The Hall–Kier alpha value is -2.10. The number of rotatable bonds is 4. The van der Waals surface area contributed by atoms with Crippen LogP contribution >= 0.6 is 22.9 Å². The van der Waals surface area contributed by atoms with Crippen LogP contribution in [0.2, 0.25) is 5.02 Å². The van der Waals surface area contributed by atoms with Crippen LogP contribution in [-0.4, -0.2) is 18.0 Å². The van der Waals surface area contributed by atoms with Crippen LogP contribution in [0.5, 0.6) is 5.75 Å². The molecule has 0 bridgehead atoms. The molecule has 0 atom stereocenters. The van der Waals surface area contributed by atoms with Crippen LogP contribution in [0.15, 0.2) is 23.6 Å². The Balaban J connectivity index is 1.77.